The number of halogens is 1. The minimum Gasteiger partial charge on any atom is -0.411 e. The summed E-state index contributed by atoms with van der Waals surface area (Å²) in [6.07, 6.45) is 7.03. The standard InChI is InChI=1S/C21H23BrN6O/c1-15(27(2)3)9-10-16(13-25-29)12-23-20-11-19(17-7-5-4-6-8-17)26-21-18(22)14-24-28(20)21/h4-11,13-14,23,29H,12H2,1-3H3/b15-9+,16-10-,25-13+. The summed E-state index contributed by atoms with van der Waals surface area (Å²) in [7, 11) is 3.96. The molecular formula is C21H23BrN6O. The first-order valence-electron chi connectivity index (χ1n) is 9.05. The molecule has 0 saturated heterocycles. The van der Waals surface area contributed by atoms with Gasteiger partial charge in [0.25, 0.3) is 0 Å². The van der Waals surface area contributed by atoms with Gasteiger partial charge in [0.2, 0.25) is 0 Å². The average molecular weight is 455 g/mol. The van der Waals surface area contributed by atoms with Crippen LogP contribution in [-0.4, -0.2) is 51.6 Å². The Morgan fingerprint density at radius 2 is 2.03 bits per heavy atom. The third-order valence-electron chi connectivity index (χ3n) is 4.44. The molecule has 2 N–H and O–H groups in total. The van der Waals surface area contributed by atoms with E-state index in [1.54, 1.807) is 10.7 Å². The number of fused-ring (bicyclic) bond motifs is 1. The number of rotatable bonds is 7. The van der Waals surface area contributed by atoms with Crippen LogP contribution in [0.4, 0.5) is 5.82 Å². The number of hydrogen-bond donors (Lipinski definition) is 2. The average Bonchev–Trinajstić information content (AvgIpc) is 3.11. The first kappa shape index (κ1) is 20.6. The summed E-state index contributed by atoms with van der Waals surface area (Å²) in [5, 5.41) is 20.0. The van der Waals surface area contributed by atoms with E-state index in [4.69, 9.17) is 10.2 Å². The summed E-state index contributed by atoms with van der Waals surface area (Å²) in [6, 6.07) is 11.9. The van der Waals surface area contributed by atoms with E-state index in [1.807, 2.05) is 74.5 Å². The van der Waals surface area contributed by atoms with E-state index in [0.29, 0.717) is 6.54 Å². The number of anilines is 1. The van der Waals surface area contributed by atoms with Crippen LogP contribution < -0.4 is 5.32 Å². The van der Waals surface area contributed by atoms with Gasteiger partial charge in [0, 0.05) is 38.0 Å². The van der Waals surface area contributed by atoms with Crippen molar-refractivity contribution in [3.8, 4) is 11.3 Å². The zero-order valence-corrected chi connectivity index (χ0v) is 18.1. The second-order valence-corrected chi connectivity index (χ2v) is 7.52. The van der Waals surface area contributed by atoms with E-state index in [2.05, 4.69) is 31.5 Å². The lowest BCUT2D eigenvalue weighted by atomic mass is 10.1. The van der Waals surface area contributed by atoms with Crippen molar-refractivity contribution in [2.45, 2.75) is 6.92 Å². The van der Waals surface area contributed by atoms with E-state index in [0.717, 1.165) is 38.5 Å². The van der Waals surface area contributed by atoms with Gasteiger partial charge < -0.3 is 15.4 Å². The third-order valence-corrected chi connectivity index (χ3v) is 5.00. The van der Waals surface area contributed by atoms with E-state index in [9.17, 15) is 0 Å². The van der Waals surface area contributed by atoms with Gasteiger partial charge in [-0.25, -0.2) is 4.98 Å². The molecule has 0 radical (unpaired) electrons. The van der Waals surface area contributed by atoms with Gasteiger partial charge in [0.1, 0.15) is 5.82 Å². The van der Waals surface area contributed by atoms with Crippen molar-refractivity contribution in [2.24, 2.45) is 5.16 Å². The van der Waals surface area contributed by atoms with Crippen molar-refractivity contribution < 1.29 is 5.21 Å². The van der Waals surface area contributed by atoms with E-state index in [-0.39, 0.29) is 0 Å². The second kappa shape index (κ2) is 9.38. The summed E-state index contributed by atoms with van der Waals surface area (Å²) in [5.41, 5.74) is 4.47. The van der Waals surface area contributed by atoms with Crippen LogP contribution in [0.2, 0.25) is 0 Å². The van der Waals surface area contributed by atoms with Gasteiger partial charge >= 0.3 is 0 Å². The number of nitrogens with zero attached hydrogens (tertiary/aromatic N) is 5. The quantitative estimate of drug-likeness (QED) is 0.239. The maximum absolute atomic E-state index is 9.01. The first-order valence-corrected chi connectivity index (χ1v) is 9.84. The molecule has 8 heteroatoms. The van der Waals surface area contributed by atoms with Gasteiger partial charge in [0.05, 0.1) is 22.6 Å². The Kier molecular flexibility index (Phi) is 6.66. The monoisotopic (exact) mass is 454 g/mol. The van der Waals surface area contributed by atoms with Crippen LogP contribution >= 0.6 is 15.9 Å². The van der Waals surface area contributed by atoms with Crippen LogP contribution in [0.15, 0.2) is 75.6 Å². The van der Waals surface area contributed by atoms with Crippen molar-refractivity contribution in [2.75, 3.05) is 26.0 Å². The number of oxime groups is 1. The Hall–Kier alpha value is -3.13. The fourth-order valence-electron chi connectivity index (χ4n) is 2.61. The lowest BCUT2D eigenvalue weighted by Gasteiger charge is -2.12. The lowest BCUT2D eigenvalue weighted by molar-refractivity contribution is 0.321. The maximum Gasteiger partial charge on any atom is 0.172 e. The largest absolute Gasteiger partial charge is 0.411 e. The Balaban J connectivity index is 1.94. The molecule has 0 atom stereocenters. The smallest absolute Gasteiger partial charge is 0.172 e. The second-order valence-electron chi connectivity index (χ2n) is 6.66. The van der Waals surface area contributed by atoms with Crippen LogP contribution in [0.5, 0.6) is 0 Å². The molecule has 3 rings (SSSR count). The summed E-state index contributed by atoms with van der Waals surface area (Å²) < 4.78 is 2.56. The molecule has 0 unspecified atom stereocenters. The summed E-state index contributed by atoms with van der Waals surface area (Å²) in [5.74, 6) is 0.783. The highest BCUT2D eigenvalue weighted by Gasteiger charge is 2.11. The molecular weight excluding hydrogens is 432 g/mol. The molecule has 0 spiro atoms. The molecule has 0 amide bonds. The predicted octanol–water partition coefficient (Wildman–Crippen LogP) is 4.42. The van der Waals surface area contributed by atoms with Crippen LogP contribution in [0.25, 0.3) is 16.9 Å². The van der Waals surface area contributed by atoms with E-state index < -0.39 is 0 Å². The van der Waals surface area contributed by atoms with Gasteiger partial charge in [-0.2, -0.15) is 9.61 Å². The zero-order valence-electron chi connectivity index (χ0n) is 16.5. The van der Waals surface area contributed by atoms with Gasteiger partial charge in [-0.05, 0) is 34.5 Å². The normalized spacial score (nSPS) is 12.7. The first-order chi connectivity index (χ1) is 14.0. The molecule has 0 aliphatic rings. The highest BCUT2D eigenvalue weighted by molar-refractivity contribution is 9.10. The van der Waals surface area contributed by atoms with Crippen LogP contribution in [0, 0.1) is 0 Å². The molecule has 0 bridgehead atoms. The van der Waals surface area contributed by atoms with Crippen LogP contribution in [0.1, 0.15) is 6.92 Å². The molecule has 0 fully saturated rings. The molecule has 1 aromatic carbocycles. The molecule has 2 aromatic heterocycles. The van der Waals surface area contributed by atoms with Crippen LogP contribution in [-0.2, 0) is 0 Å². The summed E-state index contributed by atoms with van der Waals surface area (Å²) in [6.45, 7) is 2.46. The fourth-order valence-corrected chi connectivity index (χ4v) is 2.96. The van der Waals surface area contributed by atoms with Crippen molar-refractivity contribution >= 4 is 33.6 Å². The SMILES string of the molecule is C\C(=C/C=C(\C=N\O)CNc1cc(-c2ccccc2)nc2c(Br)cnn12)N(C)C. The minimum atomic E-state index is 0.450. The molecule has 150 valence electrons. The van der Waals surface area contributed by atoms with Gasteiger partial charge in [-0.15, -0.1) is 0 Å². The number of aromatic nitrogens is 3. The fraction of sp³-hybridized carbons (Fsp3) is 0.190. The van der Waals surface area contributed by atoms with Gasteiger partial charge in [-0.3, -0.25) is 0 Å². The molecule has 29 heavy (non-hydrogen) atoms. The minimum absolute atomic E-state index is 0.450. The molecule has 2 heterocycles. The van der Waals surface area contributed by atoms with E-state index >= 15 is 0 Å². The predicted molar refractivity (Wildman–Crippen MR) is 120 cm³/mol. The molecule has 0 aliphatic carbocycles. The highest BCUT2D eigenvalue weighted by Crippen LogP contribution is 2.25. The van der Waals surface area contributed by atoms with Crippen molar-refractivity contribution in [1.82, 2.24) is 19.5 Å². The summed E-state index contributed by atoms with van der Waals surface area (Å²) in [4.78, 5) is 6.74. The topological polar surface area (TPSA) is 78.0 Å². The van der Waals surface area contributed by atoms with Crippen molar-refractivity contribution in [1.29, 1.82) is 0 Å². The molecule has 0 saturated carbocycles. The Morgan fingerprint density at radius 3 is 2.72 bits per heavy atom. The lowest BCUT2D eigenvalue weighted by Crippen LogP contribution is -2.11. The number of nitrogens with one attached hydrogen (secondary N) is 1. The van der Waals surface area contributed by atoms with Gasteiger partial charge in [0.15, 0.2) is 5.65 Å². The van der Waals surface area contributed by atoms with Crippen molar-refractivity contribution in [3.63, 3.8) is 0 Å². The number of benzene rings is 1. The molecule has 3 aromatic rings. The van der Waals surface area contributed by atoms with Gasteiger partial charge in [-0.1, -0.05) is 41.6 Å². The Labute approximate surface area is 178 Å². The Morgan fingerprint density at radius 1 is 1.28 bits per heavy atom. The highest BCUT2D eigenvalue weighted by atomic mass is 79.9. The maximum atomic E-state index is 9.01. The van der Waals surface area contributed by atoms with Crippen molar-refractivity contribution in [3.05, 3.63) is 70.5 Å². The molecule has 7 nitrogen and oxygen atoms in total. The zero-order chi connectivity index (χ0) is 20.8. The van der Waals surface area contributed by atoms with Crippen LogP contribution in [0.3, 0.4) is 0 Å². The van der Waals surface area contributed by atoms with E-state index in [1.165, 1.54) is 6.21 Å². The summed E-state index contributed by atoms with van der Waals surface area (Å²) >= 11 is 3.52. The Bertz CT molecular complexity index is 1070. The third kappa shape index (κ3) is 5.03. The number of allylic oxidation sites excluding steroid dienone is 3. The number of hydrogen-bond acceptors (Lipinski definition) is 6. The molecule has 0 aliphatic heterocycles.